The standard InChI is InChI=1S/C12H16N2O4/c13-7-1-2-10(12(17)18)14-11(16)8-3-5-9(15)6-4-8/h3-6,10,15H,1-2,7,13H2,(H,14,16)(H,17,18)/t10-/m1/s1. The molecule has 0 aliphatic heterocycles. The lowest BCUT2D eigenvalue weighted by Gasteiger charge is -2.14. The highest BCUT2D eigenvalue weighted by molar-refractivity contribution is 5.96. The number of carbonyl (C=O) groups is 2. The topological polar surface area (TPSA) is 113 Å². The number of rotatable bonds is 6. The first-order valence-corrected chi connectivity index (χ1v) is 5.57. The van der Waals surface area contributed by atoms with Crippen molar-refractivity contribution in [2.24, 2.45) is 5.73 Å². The van der Waals surface area contributed by atoms with Crippen LogP contribution in [-0.4, -0.2) is 34.7 Å². The van der Waals surface area contributed by atoms with E-state index in [2.05, 4.69) is 5.32 Å². The van der Waals surface area contributed by atoms with E-state index in [1.807, 2.05) is 0 Å². The molecule has 18 heavy (non-hydrogen) atoms. The molecular formula is C12H16N2O4. The summed E-state index contributed by atoms with van der Waals surface area (Å²) in [4.78, 5) is 22.7. The van der Waals surface area contributed by atoms with Crippen LogP contribution < -0.4 is 11.1 Å². The van der Waals surface area contributed by atoms with E-state index in [-0.39, 0.29) is 12.2 Å². The average molecular weight is 252 g/mol. The van der Waals surface area contributed by atoms with Crippen molar-refractivity contribution in [2.75, 3.05) is 6.54 Å². The van der Waals surface area contributed by atoms with Gasteiger partial charge in [-0.15, -0.1) is 0 Å². The van der Waals surface area contributed by atoms with Crippen LogP contribution in [-0.2, 0) is 4.79 Å². The van der Waals surface area contributed by atoms with Gasteiger partial charge in [-0.25, -0.2) is 4.79 Å². The smallest absolute Gasteiger partial charge is 0.326 e. The van der Waals surface area contributed by atoms with Crippen molar-refractivity contribution in [3.63, 3.8) is 0 Å². The number of aromatic hydroxyl groups is 1. The first-order chi connectivity index (χ1) is 8.54. The van der Waals surface area contributed by atoms with Crippen LogP contribution in [0.4, 0.5) is 0 Å². The molecule has 0 saturated heterocycles. The summed E-state index contributed by atoms with van der Waals surface area (Å²) in [7, 11) is 0. The maximum atomic E-state index is 11.7. The van der Waals surface area contributed by atoms with E-state index in [4.69, 9.17) is 15.9 Å². The minimum absolute atomic E-state index is 0.0458. The van der Waals surface area contributed by atoms with Crippen LogP contribution >= 0.6 is 0 Å². The van der Waals surface area contributed by atoms with Crippen molar-refractivity contribution in [3.05, 3.63) is 29.8 Å². The van der Waals surface area contributed by atoms with Gasteiger partial charge in [-0.1, -0.05) is 0 Å². The normalized spacial score (nSPS) is 11.8. The molecule has 1 rings (SSSR count). The molecule has 1 amide bonds. The molecule has 6 heteroatoms. The van der Waals surface area contributed by atoms with E-state index in [1.165, 1.54) is 24.3 Å². The Balaban J connectivity index is 2.66. The predicted molar refractivity (Wildman–Crippen MR) is 65.3 cm³/mol. The van der Waals surface area contributed by atoms with Crippen molar-refractivity contribution in [2.45, 2.75) is 18.9 Å². The third kappa shape index (κ3) is 4.06. The number of nitrogens with two attached hydrogens (primary N) is 1. The number of nitrogens with one attached hydrogen (secondary N) is 1. The third-order valence-corrected chi connectivity index (χ3v) is 2.43. The first-order valence-electron chi connectivity index (χ1n) is 5.57. The lowest BCUT2D eigenvalue weighted by Crippen LogP contribution is -2.41. The molecule has 0 spiro atoms. The Bertz CT molecular complexity index is 417. The van der Waals surface area contributed by atoms with Gasteiger partial charge in [0.05, 0.1) is 0 Å². The second-order valence-corrected chi connectivity index (χ2v) is 3.84. The van der Waals surface area contributed by atoms with E-state index >= 15 is 0 Å². The number of hydrogen-bond donors (Lipinski definition) is 4. The Morgan fingerprint density at radius 3 is 2.39 bits per heavy atom. The molecule has 0 bridgehead atoms. The maximum Gasteiger partial charge on any atom is 0.326 e. The largest absolute Gasteiger partial charge is 0.508 e. The molecule has 0 unspecified atom stereocenters. The number of carboxylic acids is 1. The molecule has 1 atom stereocenters. The summed E-state index contributed by atoms with van der Waals surface area (Å²) in [5.74, 6) is -1.53. The second kappa shape index (κ2) is 6.61. The number of aliphatic carboxylic acids is 1. The highest BCUT2D eigenvalue weighted by Crippen LogP contribution is 2.10. The van der Waals surface area contributed by atoms with E-state index in [0.29, 0.717) is 18.5 Å². The van der Waals surface area contributed by atoms with Crippen molar-refractivity contribution >= 4 is 11.9 Å². The highest BCUT2D eigenvalue weighted by atomic mass is 16.4. The molecule has 0 fully saturated rings. The number of carbonyl (C=O) groups excluding carboxylic acids is 1. The summed E-state index contributed by atoms with van der Waals surface area (Å²) in [6.45, 7) is 0.374. The fourth-order valence-electron chi connectivity index (χ4n) is 1.43. The van der Waals surface area contributed by atoms with Gasteiger partial charge >= 0.3 is 5.97 Å². The van der Waals surface area contributed by atoms with Crippen LogP contribution in [0.3, 0.4) is 0 Å². The molecule has 98 valence electrons. The summed E-state index contributed by atoms with van der Waals surface area (Å²) >= 11 is 0. The molecule has 0 saturated carbocycles. The Kier molecular flexibility index (Phi) is 5.13. The monoisotopic (exact) mass is 252 g/mol. The lowest BCUT2D eigenvalue weighted by atomic mass is 10.1. The summed E-state index contributed by atoms with van der Waals surface area (Å²) in [5.41, 5.74) is 5.60. The summed E-state index contributed by atoms with van der Waals surface area (Å²) < 4.78 is 0. The fraction of sp³-hybridized carbons (Fsp3) is 0.333. The first kappa shape index (κ1) is 14.0. The zero-order valence-corrected chi connectivity index (χ0v) is 9.80. The maximum absolute atomic E-state index is 11.7. The van der Waals surface area contributed by atoms with E-state index in [0.717, 1.165) is 0 Å². The van der Waals surface area contributed by atoms with Crippen LogP contribution in [0, 0.1) is 0 Å². The van der Waals surface area contributed by atoms with Crippen LogP contribution in [0.1, 0.15) is 23.2 Å². The van der Waals surface area contributed by atoms with Gasteiger partial charge in [0.1, 0.15) is 11.8 Å². The Hall–Kier alpha value is -2.08. The van der Waals surface area contributed by atoms with Crippen molar-refractivity contribution in [1.29, 1.82) is 0 Å². The van der Waals surface area contributed by atoms with Gasteiger partial charge in [0.15, 0.2) is 0 Å². The van der Waals surface area contributed by atoms with Crippen LogP contribution in [0.5, 0.6) is 5.75 Å². The van der Waals surface area contributed by atoms with Gasteiger partial charge in [0, 0.05) is 5.56 Å². The highest BCUT2D eigenvalue weighted by Gasteiger charge is 2.19. The molecular weight excluding hydrogens is 236 g/mol. The quantitative estimate of drug-likeness (QED) is 0.582. The molecule has 0 aliphatic rings. The Labute approximate surface area is 104 Å². The Morgan fingerprint density at radius 1 is 1.28 bits per heavy atom. The molecule has 0 radical (unpaired) electrons. The Morgan fingerprint density at radius 2 is 1.89 bits per heavy atom. The van der Waals surface area contributed by atoms with Crippen molar-refractivity contribution in [3.8, 4) is 5.75 Å². The van der Waals surface area contributed by atoms with E-state index < -0.39 is 17.9 Å². The molecule has 5 N–H and O–H groups in total. The number of carboxylic acid groups (broad SMARTS) is 1. The lowest BCUT2D eigenvalue weighted by molar-refractivity contribution is -0.139. The molecule has 0 aliphatic carbocycles. The number of amides is 1. The van der Waals surface area contributed by atoms with Crippen LogP contribution in [0.2, 0.25) is 0 Å². The minimum atomic E-state index is -1.09. The van der Waals surface area contributed by atoms with Gasteiger partial charge in [0.25, 0.3) is 5.91 Å². The van der Waals surface area contributed by atoms with Crippen LogP contribution in [0.15, 0.2) is 24.3 Å². The molecule has 0 aromatic heterocycles. The van der Waals surface area contributed by atoms with Crippen LogP contribution in [0.25, 0.3) is 0 Å². The molecule has 6 nitrogen and oxygen atoms in total. The van der Waals surface area contributed by atoms with Crippen molar-refractivity contribution < 1.29 is 19.8 Å². The number of benzene rings is 1. The summed E-state index contributed by atoms with van der Waals surface area (Å²) in [5, 5.41) is 20.4. The van der Waals surface area contributed by atoms with Crippen molar-refractivity contribution in [1.82, 2.24) is 5.32 Å². The van der Waals surface area contributed by atoms with Gasteiger partial charge in [0.2, 0.25) is 0 Å². The van der Waals surface area contributed by atoms with Gasteiger partial charge < -0.3 is 21.3 Å². The summed E-state index contributed by atoms with van der Waals surface area (Å²) in [6, 6.07) is 4.63. The third-order valence-electron chi connectivity index (χ3n) is 2.43. The van der Waals surface area contributed by atoms with Gasteiger partial charge in [-0.3, -0.25) is 4.79 Å². The SMILES string of the molecule is NCCC[C@@H](NC(=O)c1ccc(O)cc1)C(=O)O. The molecule has 1 aromatic carbocycles. The average Bonchev–Trinajstić information content (AvgIpc) is 2.34. The van der Waals surface area contributed by atoms with E-state index in [1.54, 1.807) is 0 Å². The van der Waals surface area contributed by atoms with Gasteiger partial charge in [-0.05, 0) is 43.7 Å². The molecule has 1 aromatic rings. The summed E-state index contributed by atoms with van der Waals surface area (Å²) in [6.07, 6.45) is 0.808. The number of hydrogen-bond acceptors (Lipinski definition) is 4. The molecule has 0 heterocycles. The second-order valence-electron chi connectivity index (χ2n) is 3.84. The zero-order chi connectivity index (χ0) is 13.5. The van der Waals surface area contributed by atoms with Gasteiger partial charge in [-0.2, -0.15) is 0 Å². The number of phenols is 1. The number of phenolic OH excluding ortho intramolecular Hbond substituents is 1. The van der Waals surface area contributed by atoms with E-state index in [9.17, 15) is 9.59 Å². The predicted octanol–water partition coefficient (Wildman–Crippen LogP) is 0.314. The fourth-order valence-corrected chi connectivity index (χ4v) is 1.43. The zero-order valence-electron chi connectivity index (χ0n) is 9.80. The minimum Gasteiger partial charge on any atom is -0.508 e.